The summed E-state index contributed by atoms with van der Waals surface area (Å²) in [6, 6.07) is 23.8. The molecule has 3 aromatic rings. The average Bonchev–Trinajstić information content (AvgIpc) is 2.80. The molecule has 8 heteroatoms. The third kappa shape index (κ3) is 6.41. The SMILES string of the molecule is C[C@H](NS(=O)(=O)c1ccc(OCC(=O)Nc2ccc(CC#N)cc2)cc1)c1ccccc1. The fourth-order valence-electron chi connectivity index (χ4n) is 2.97. The molecule has 0 unspecified atom stereocenters. The number of hydrogen-bond acceptors (Lipinski definition) is 5. The fraction of sp³-hybridized carbons (Fsp3) is 0.167. The molecular formula is C24H23N3O4S. The Morgan fingerprint density at radius 3 is 2.28 bits per heavy atom. The topological polar surface area (TPSA) is 108 Å². The molecule has 0 spiro atoms. The maximum Gasteiger partial charge on any atom is 0.262 e. The molecule has 1 atom stereocenters. The van der Waals surface area contributed by atoms with Crippen LogP contribution in [0.4, 0.5) is 5.69 Å². The third-order valence-corrected chi connectivity index (χ3v) is 6.21. The molecule has 0 radical (unpaired) electrons. The third-order valence-electron chi connectivity index (χ3n) is 4.66. The molecule has 1 amide bonds. The molecule has 32 heavy (non-hydrogen) atoms. The van der Waals surface area contributed by atoms with Crippen LogP contribution in [0.3, 0.4) is 0 Å². The molecule has 0 aliphatic carbocycles. The van der Waals surface area contributed by atoms with E-state index in [2.05, 4.69) is 16.1 Å². The van der Waals surface area contributed by atoms with E-state index >= 15 is 0 Å². The zero-order valence-electron chi connectivity index (χ0n) is 17.5. The summed E-state index contributed by atoms with van der Waals surface area (Å²) >= 11 is 0. The number of nitrogens with zero attached hydrogens (tertiary/aromatic N) is 1. The van der Waals surface area contributed by atoms with E-state index in [1.165, 1.54) is 24.3 Å². The summed E-state index contributed by atoms with van der Waals surface area (Å²) in [4.78, 5) is 12.2. The van der Waals surface area contributed by atoms with Crippen molar-refractivity contribution in [3.8, 4) is 11.8 Å². The van der Waals surface area contributed by atoms with Gasteiger partial charge in [0.05, 0.1) is 17.4 Å². The highest BCUT2D eigenvalue weighted by Crippen LogP contribution is 2.19. The van der Waals surface area contributed by atoms with Crippen molar-refractivity contribution in [3.63, 3.8) is 0 Å². The van der Waals surface area contributed by atoms with Gasteiger partial charge in [0.2, 0.25) is 10.0 Å². The Morgan fingerprint density at radius 2 is 1.66 bits per heavy atom. The molecule has 0 saturated heterocycles. The Bertz CT molecular complexity index is 1190. The predicted molar refractivity (Wildman–Crippen MR) is 122 cm³/mol. The molecule has 0 aromatic heterocycles. The molecule has 0 heterocycles. The molecule has 0 bridgehead atoms. The second-order valence-electron chi connectivity index (χ2n) is 7.09. The monoisotopic (exact) mass is 449 g/mol. The summed E-state index contributed by atoms with van der Waals surface area (Å²) in [5.41, 5.74) is 2.33. The van der Waals surface area contributed by atoms with Crippen molar-refractivity contribution in [2.24, 2.45) is 0 Å². The lowest BCUT2D eigenvalue weighted by molar-refractivity contribution is -0.118. The number of carbonyl (C=O) groups excluding carboxylic acids is 1. The minimum atomic E-state index is -3.71. The van der Waals surface area contributed by atoms with E-state index in [1.807, 2.05) is 30.3 Å². The van der Waals surface area contributed by atoms with E-state index in [9.17, 15) is 13.2 Å². The minimum Gasteiger partial charge on any atom is -0.484 e. The lowest BCUT2D eigenvalue weighted by Crippen LogP contribution is -2.26. The first-order valence-corrected chi connectivity index (χ1v) is 11.4. The molecule has 0 aliphatic heterocycles. The van der Waals surface area contributed by atoms with E-state index in [0.717, 1.165) is 11.1 Å². The lowest BCUT2D eigenvalue weighted by atomic mass is 10.1. The van der Waals surface area contributed by atoms with Gasteiger partial charge in [0.1, 0.15) is 5.75 Å². The maximum absolute atomic E-state index is 12.6. The van der Waals surface area contributed by atoms with Crippen LogP contribution in [-0.2, 0) is 21.2 Å². The molecule has 3 rings (SSSR count). The van der Waals surface area contributed by atoms with Gasteiger partial charge in [-0.05, 0) is 54.4 Å². The van der Waals surface area contributed by atoms with Crippen LogP contribution in [0.25, 0.3) is 0 Å². The average molecular weight is 450 g/mol. The Morgan fingerprint density at radius 1 is 1.00 bits per heavy atom. The number of rotatable bonds is 9. The Balaban J connectivity index is 1.53. The second kappa shape index (κ2) is 10.6. The van der Waals surface area contributed by atoms with E-state index in [0.29, 0.717) is 17.9 Å². The van der Waals surface area contributed by atoms with E-state index in [-0.39, 0.29) is 23.5 Å². The molecule has 164 valence electrons. The van der Waals surface area contributed by atoms with Crippen molar-refractivity contribution >= 4 is 21.6 Å². The zero-order chi connectivity index (χ0) is 23.0. The van der Waals surface area contributed by atoms with Gasteiger partial charge in [0.15, 0.2) is 6.61 Å². The van der Waals surface area contributed by atoms with E-state index in [4.69, 9.17) is 10.00 Å². The normalized spacial score (nSPS) is 11.9. The first-order chi connectivity index (χ1) is 15.4. The highest BCUT2D eigenvalue weighted by molar-refractivity contribution is 7.89. The van der Waals surface area contributed by atoms with Crippen molar-refractivity contribution < 1.29 is 17.9 Å². The van der Waals surface area contributed by atoms with Crippen molar-refractivity contribution in [2.45, 2.75) is 24.3 Å². The highest BCUT2D eigenvalue weighted by atomic mass is 32.2. The number of amides is 1. The summed E-state index contributed by atoms with van der Waals surface area (Å²) in [6.45, 7) is 1.55. The van der Waals surface area contributed by atoms with Crippen molar-refractivity contribution in [3.05, 3.63) is 90.0 Å². The van der Waals surface area contributed by atoms with Gasteiger partial charge in [0, 0.05) is 11.7 Å². The standard InChI is InChI=1S/C24H23N3O4S/c1-18(20-5-3-2-4-6-20)27-32(29,30)23-13-11-22(12-14-23)31-17-24(28)26-21-9-7-19(8-10-21)15-16-25/h2-14,18,27H,15,17H2,1H3,(H,26,28)/t18-/m0/s1. The van der Waals surface area contributed by atoms with Crippen LogP contribution >= 0.6 is 0 Å². The number of nitriles is 1. The Hall–Kier alpha value is -3.67. The van der Waals surface area contributed by atoms with Crippen LogP contribution in [-0.4, -0.2) is 20.9 Å². The van der Waals surface area contributed by atoms with Gasteiger partial charge in [-0.3, -0.25) is 4.79 Å². The van der Waals surface area contributed by atoms with Gasteiger partial charge >= 0.3 is 0 Å². The molecule has 0 saturated carbocycles. The van der Waals surface area contributed by atoms with Gasteiger partial charge in [-0.2, -0.15) is 5.26 Å². The largest absolute Gasteiger partial charge is 0.484 e. The highest BCUT2D eigenvalue weighted by Gasteiger charge is 2.18. The minimum absolute atomic E-state index is 0.106. The Kier molecular flexibility index (Phi) is 7.60. The first-order valence-electron chi connectivity index (χ1n) is 9.93. The first kappa shape index (κ1) is 23.0. The van der Waals surface area contributed by atoms with Gasteiger partial charge in [-0.25, -0.2) is 13.1 Å². The van der Waals surface area contributed by atoms with Crippen LogP contribution in [0.5, 0.6) is 5.75 Å². The van der Waals surface area contributed by atoms with Crippen LogP contribution in [0.2, 0.25) is 0 Å². The van der Waals surface area contributed by atoms with Crippen molar-refractivity contribution in [2.75, 3.05) is 11.9 Å². The number of ether oxygens (including phenoxy) is 1. The van der Waals surface area contributed by atoms with Crippen LogP contribution in [0.1, 0.15) is 24.1 Å². The number of benzene rings is 3. The van der Waals surface area contributed by atoms with Gasteiger partial charge in [-0.15, -0.1) is 0 Å². The molecule has 0 fully saturated rings. The summed E-state index contributed by atoms with van der Waals surface area (Å²) in [5.74, 6) is 0.0210. The summed E-state index contributed by atoms with van der Waals surface area (Å²) in [7, 11) is -3.71. The van der Waals surface area contributed by atoms with Crippen LogP contribution in [0.15, 0.2) is 83.8 Å². The summed E-state index contributed by atoms with van der Waals surface area (Å²) in [5, 5.41) is 11.4. The fourth-order valence-corrected chi connectivity index (χ4v) is 4.20. The number of anilines is 1. The number of hydrogen-bond donors (Lipinski definition) is 2. The molecule has 7 nitrogen and oxygen atoms in total. The lowest BCUT2D eigenvalue weighted by Gasteiger charge is -2.15. The van der Waals surface area contributed by atoms with Gasteiger partial charge in [0.25, 0.3) is 5.91 Å². The van der Waals surface area contributed by atoms with Gasteiger partial charge in [-0.1, -0.05) is 42.5 Å². The summed E-state index contributed by atoms with van der Waals surface area (Å²) in [6.07, 6.45) is 0.309. The van der Waals surface area contributed by atoms with E-state index in [1.54, 1.807) is 31.2 Å². The number of nitrogens with one attached hydrogen (secondary N) is 2. The molecular weight excluding hydrogens is 426 g/mol. The Labute approximate surface area is 187 Å². The van der Waals surface area contributed by atoms with Crippen LogP contribution in [0, 0.1) is 11.3 Å². The quantitative estimate of drug-likeness (QED) is 0.516. The predicted octanol–water partition coefficient (Wildman–Crippen LogP) is 3.81. The maximum atomic E-state index is 12.6. The van der Waals surface area contributed by atoms with Crippen molar-refractivity contribution in [1.82, 2.24) is 4.72 Å². The van der Waals surface area contributed by atoms with Crippen LogP contribution < -0.4 is 14.8 Å². The number of carbonyl (C=O) groups is 1. The second-order valence-corrected chi connectivity index (χ2v) is 8.81. The number of sulfonamides is 1. The molecule has 2 N–H and O–H groups in total. The summed E-state index contributed by atoms with van der Waals surface area (Å²) < 4.78 is 33.4. The molecule has 0 aliphatic rings. The molecule has 3 aromatic carbocycles. The van der Waals surface area contributed by atoms with E-state index < -0.39 is 10.0 Å². The smallest absolute Gasteiger partial charge is 0.262 e. The zero-order valence-corrected chi connectivity index (χ0v) is 18.3. The van der Waals surface area contributed by atoms with Gasteiger partial charge < -0.3 is 10.1 Å². The van der Waals surface area contributed by atoms with Crippen molar-refractivity contribution in [1.29, 1.82) is 5.26 Å².